The van der Waals surface area contributed by atoms with E-state index in [1.807, 2.05) is 0 Å². The van der Waals surface area contributed by atoms with Crippen molar-refractivity contribution in [1.82, 2.24) is 0 Å². The largest absolute Gasteiger partial charge is 0.481 e. The molecule has 4 N–H and O–H groups in total. The predicted octanol–water partition coefficient (Wildman–Crippen LogP) is -1.58. The summed E-state index contributed by atoms with van der Waals surface area (Å²) in [6, 6.07) is 0. The van der Waals surface area contributed by atoms with E-state index >= 15 is 0 Å². The summed E-state index contributed by atoms with van der Waals surface area (Å²) in [7, 11) is 0. The van der Waals surface area contributed by atoms with Crippen molar-refractivity contribution in [3.8, 4) is 0 Å². The standard InChI is InChI=1S/C6H12O5/c7-2-4(6(10)11)1-5(9)3-8/h4-5,7-9H,1-3H2,(H,10,11). The van der Waals surface area contributed by atoms with Gasteiger partial charge in [-0.25, -0.2) is 0 Å². The zero-order valence-corrected chi connectivity index (χ0v) is 5.97. The molecule has 0 radical (unpaired) electrons. The van der Waals surface area contributed by atoms with E-state index in [4.69, 9.17) is 20.4 Å². The Labute approximate surface area is 63.9 Å². The molecule has 2 unspecified atom stereocenters. The molecule has 0 aromatic heterocycles. The molecule has 5 nitrogen and oxygen atoms in total. The van der Waals surface area contributed by atoms with Crippen molar-refractivity contribution in [2.75, 3.05) is 13.2 Å². The van der Waals surface area contributed by atoms with Crippen LogP contribution in [0.4, 0.5) is 0 Å². The topological polar surface area (TPSA) is 98.0 Å². The summed E-state index contributed by atoms with van der Waals surface area (Å²) < 4.78 is 0. The average molecular weight is 164 g/mol. The molecule has 2 atom stereocenters. The van der Waals surface area contributed by atoms with Gasteiger partial charge < -0.3 is 20.4 Å². The number of carbonyl (C=O) groups is 1. The van der Waals surface area contributed by atoms with Gasteiger partial charge in [-0.05, 0) is 6.42 Å². The zero-order valence-electron chi connectivity index (χ0n) is 5.97. The lowest BCUT2D eigenvalue weighted by atomic mass is 10.0. The van der Waals surface area contributed by atoms with Gasteiger partial charge in [-0.1, -0.05) is 0 Å². The zero-order chi connectivity index (χ0) is 8.85. The lowest BCUT2D eigenvalue weighted by molar-refractivity contribution is -0.144. The monoisotopic (exact) mass is 164 g/mol. The maximum absolute atomic E-state index is 10.2. The van der Waals surface area contributed by atoms with Crippen LogP contribution < -0.4 is 0 Å². The number of aliphatic hydroxyl groups excluding tert-OH is 3. The average Bonchev–Trinajstić information content (AvgIpc) is 1.99. The third-order valence-electron chi connectivity index (χ3n) is 1.34. The van der Waals surface area contributed by atoms with Crippen LogP contribution in [0.5, 0.6) is 0 Å². The highest BCUT2D eigenvalue weighted by atomic mass is 16.4. The van der Waals surface area contributed by atoms with E-state index in [1.54, 1.807) is 0 Å². The second kappa shape index (κ2) is 5.06. The predicted molar refractivity (Wildman–Crippen MR) is 35.9 cm³/mol. The molecule has 0 spiro atoms. The minimum absolute atomic E-state index is 0.123. The van der Waals surface area contributed by atoms with Gasteiger partial charge in [-0.15, -0.1) is 0 Å². The van der Waals surface area contributed by atoms with Gasteiger partial charge in [0.15, 0.2) is 0 Å². The summed E-state index contributed by atoms with van der Waals surface area (Å²) >= 11 is 0. The van der Waals surface area contributed by atoms with Crippen molar-refractivity contribution < 1.29 is 25.2 Å². The molecule has 0 aromatic rings. The number of aliphatic carboxylic acids is 1. The fourth-order valence-corrected chi connectivity index (χ4v) is 0.656. The van der Waals surface area contributed by atoms with Crippen LogP contribution in [0.15, 0.2) is 0 Å². The van der Waals surface area contributed by atoms with Gasteiger partial charge in [0.1, 0.15) is 0 Å². The molecule has 0 saturated carbocycles. The Bertz CT molecular complexity index is 124. The summed E-state index contributed by atoms with van der Waals surface area (Å²) in [6.45, 7) is -1.00. The van der Waals surface area contributed by atoms with Crippen LogP contribution in [-0.2, 0) is 4.79 Å². The first-order chi connectivity index (χ1) is 5.11. The van der Waals surface area contributed by atoms with Gasteiger partial charge in [0.2, 0.25) is 0 Å². The number of hydrogen-bond acceptors (Lipinski definition) is 4. The molecule has 0 heterocycles. The molecule has 0 saturated heterocycles. The third-order valence-corrected chi connectivity index (χ3v) is 1.34. The number of aliphatic hydroxyl groups is 3. The minimum Gasteiger partial charge on any atom is -0.481 e. The number of carboxylic acids is 1. The summed E-state index contributed by atoms with van der Waals surface area (Å²) in [5, 5.41) is 34.0. The molecule has 5 heteroatoms. The maximum atomic E-state index is 10.2. The highest BCUT2D eigenvalue weighted by Crippen LogP contribution is 2.05. The first-order valence-corrected chi connectivity index (χ1v) is 3.24. The lowest BCUT2D eigenvalue weighted by Crippen LogP contribution is -2.25. The van der Waals surface area contributed by atoms with Crippen LogP contribution in [0.25, 0.3) is 0 Å². The summed E-state index contributed by atoms with van der Waals surface area (Å²) in [5.41, 5.74) is 0. The Kier molecular flexibility index (Phi) is 4.76. The Morgan fingerprint density at radius 3 is 2.09 bits per heavy atom. The first kappa shape index (κ1) is 10.3. The lowest BCUT2D eigenvalue weighted by Gasteiger charge is -2.11. The molecule has 0 rings (SSSR count). The van der Waals surface area contributed by atoms with E-state index in [2.05, 4.69) is 0 Å². The molecule has 66 valence electrons. The van der Waals surface area contributed by atoms with Gasteiger partial charge >= 0.3 is 5.97 Å². The molecule has 0 amide bonds. The highest BCUT2D eigenvalue weighted by molar-refractivity contribution is 5.70. The van der Waals surface area contributed by atoms with Crippen molar-refractivity contribution in [3.05, 3.63) is 0 Å². The van der Waals surface area contributed by atoms with Crippen molar-refractivity contribution in [3.63, 3.8) is 0 Å². The minimum atomic E-state index is -1.17. The van der Waals surface area contributed by atoms with Crippen molar-refractivity contribution in [2.45, 2.75) is 12.5 Å². The highest BCUT2D eigenvalue weighted by Gasteiger charge is 2.19. The molecule has 0 fully saturated rings. The van der Waals surface area contributed by atoms with Crippen LogP contribution in [0.2, 0.25) is 0 Å². The van der Waals surface area contributed by atoms with Crippen LogP contribution in [-0.4, -0.2) is 45.7 Å². The molecule has 0 aromatic carbocycles. The van der Waals surface area contributed by atoms with E-state index in [0.29, 0.717) is 0 Å². The normalized spacial score (nSPS) is 15.9. The van der Waals surface area contributed by atoms with E-state index in [9.17, 15) is 4.79 Å². The van der Waals surface area contributed by atoms with E-state index in [-0.39, 0.29) is 6.42 Å². The van der Waals surface area contributed by atoms with E-state index in [0.717, 1.165) is 0 Å². The van der Waals surface area contributed by atoms with Gasteiger partial charge in [0, 0.05) is 0 Å². The van der Waals surface area contributed by atoms with Crippen LogP contribution in [0, 0.1) is 5.92 Å². The third kappa shape index (κ3) is 3.92. The van der Waals surface area contributed by atoms with E-state index in [1.165, 1.54) is 0 Å². The quantitative estimate of drug-likeness (QED) is 0.393. The molecule has 0 aliphatic carbocycles. The van der Waals surface area contributed by atoms with Gasteiger partial charge in [-0.2, -0.15) is 0 Å². The maximum Gasteiger partial charge on any atom is 0.308 e. The van der Waals surface area contributed by atoms with Gasteiger partial charge in [0.05, 0.1) is 25.2 Å². The number of rotatable bonds is 5. The molecule has 0 aliphatic rings. The number of hydrogen-bond donors (Lipinski definition) is 4. The molecule has 11 heavy (non-hydrogen) atoms. The van der Waals surface area contributed by atoms with E-state index < -0.39 is 31.2 Å². The number of carboxylic acid groups (broad SMARTS) is 1. The van der Waals surface area contributed by atoms with Gasteiger partial charge in [0.25, 0.3) is 0 Å². The van der Waals surface area contributed by atoms with Crippen LogP contribution >= 0.6 is 0 Å². The molecular weight excluding hydrogens is 152 g/mol. The van der Waals surface area contributed by atoms with Gasteiger partial charge in [-0.3, -0.25) is 4.79 Å². The Hall–Kier alpha value is -0.650. The van der Waals surface area contributed by atoms with Crippen LogP contribution in [0.3, 0.4) is 0 Å². The van der Waals surface area contributed by atoms with Crippen molar-refractivity contribution in [1.29, 1.82) is 0 Å². The Morgan fingerprint density at radius 1 is 1.27 bits per heavy atom. The SMILES string of the molecule is O=C(O)C(CO)CC(O)CO. The first-order valence-electron chi connectivity index (χ1n) is 3.24. The Morgan fingerprint density at radius 2 is 1.82 bits per heavy atom. The molecular formula is C6H12O5. The summed E-state index contributed by atoms with van der Waals surface area (Å²) in [4.78, 5) is 10.2. The second-order valence-electron chi connectivity index (χ2n) is 2.29. The second-order valence-corrected chi connectivity index (χ2v) is 2.29. The molecule has 0 bridgehead atoms. The molecule has 0 aliphatic heterocycles. The Balaban J connectivity index is 3.77. The smallest absolute Gasteiger partial charge is 0.308 e. The summed E-state index contributed by atoms with van der Waals surface area (Å²) in [5.74, 6) is -2.16. The van der Waals surface area contributed by atoms with Crippen molar-refractivity contribution in [2.24, 2.45) is 5.92 Å². The fraction of sp³-hybridized carbons (Fsp3) is 0.833. The van der Waals surface area contributed by atoms with Crippen LogP contribution in [0.1, 0.15) is 6.42 Å². The van der Waals surface area contributed by atoms with Crippen molar-refractivity contribution >= 4 is 5.97 Å². The summed E-state index contributed by atoms with van der Waals surface area (Å²) in [6.07, 6.45) is -1.19. The fourth-order valence-electron chi connectivity index (χ4n) is 0.656.